The summed E-state index contributed by atoms with van der Waals surface area (Å²) in [5, 5.41) is -0.104. The third-order valence-corrected chi connectivity index (χ3v) is 6.50. The van der Waals surface area contributed by atoms with Gasteiger partial charge in [-0.1, -0.05) is 6.92 Å². The van der Waals surface area contributed by atoms with Crippen molar-refractivity contribution in [2.24, 2.45) is 0 Å². The fourth-order valence-electron chi connectivity index (χ4n) is 1.98. The Balaban J connectivity index is 2.99. The molecular formula is C13H21FN2O3S2. The Hall–Kier alpha value is -0.990. The van der Waals surface area contributed by atoms with E-state index >= 15 is 0 Å². The summed E-state index contributed by atoms with van der Waals surface area (Å²) in [5.74, 6) is -0.626. The third kappa shape index (κ3) is 4.24. The molecule has 1 aromatic carbocycles. The van der Waals surface area contributed by atoms with Gasteiger partial charge in [0.25, 0.3) is 0 Å². The molecule has 0 aliphatic heterocycles. The van der Waals surface area contributed by atoms with Crippen LogP contribution in [0.25, 0.3) is 0 Å². The number of nitrogens with two attached hydrogens (primary N) is 1. The molecule has 0 aliphatic carbocycles. The maximum Gasteiger partial charge on any atom is 0.241 e. The lowest BCUT2D eigenvalue weighted by Crippen LogP contribution is -2.29. The molecule has 0 saturated heterocycles. The first-order valence-corrected chi connectivity index (χ1v) is 9.55. The summed E-state index contributed by atoms with van der Waals surface area (Å²) in [6.07, 6.45) is 2.03. The number of nitrogens with one attached hydrogen (secondary N) is 1. The maximum absolute atomic E-state index is 13.5. The molecule has 0 aliphatic rings. The Labute approximate surface area is 127 Å². The predicted molar refractivity (Wildman–Crippen MR) is 83.6 cm³/mol. The zero-order valence-electron chi connectivity index (χ0n) is 12.6. The minimum atomic E-state index is -3.78. The normalized spacial score (nSPS) is 14.9. The van der Waals surface area contributed by atoms with Crippen molar-refractivity contribution in [2.75, 3.05) is 18.5 Å². The number of sulfonamides is 1. The van der Waals surface area contributed by atoms with E-state index in [-0.39, 0.29) is 27.9 Å². The van der Waals surface area contributed by atoms with E-state index in [1.807, 2.05) is 0 Å². The first kappa shape index (κ1) is 18.1. The zero-order chi connectivity index (χ0) is 16.4. The highest BCUT2D eigenvalue weighted by molar-refractivity contribution is 7.89. The summed E-state index contributed by atoms with van der Waals surface area (Å²) in [5.41, 5.74) is 5.90. The van der Waals surface area contributed by atoms with Gasteiger partial charge in [-0.2, -0.15) is 0 Å². The molecular weight excluding hydrogens is 315 g/mol. The van der Waals surface area contributed by atoms with Gasteiger partial charge in [0.15, 0.2) is 0 Å². The molecule has 0 amide bonds. The molecule has 2 atom stereocenters. The monoisotopic (exact) mass is 336 g/mol. The van der Waals surface area contributed by atoms with Gasteiger partial charge in [-0.05, 0) is 37.5 Å². The highest BCUT2D eigenvalue weighted by Crippen LogP contribution is 2.27. The maximum atomic E-state index is 13.5. The molecule has 3 N–H and O–H groups in total. The zero-order valence-corrected chi connectivity index (χ0v) is 14.2. The summed E-state index contributed by atoms with van der Waals surface area (Å²) >= 11 is 0. The van der Waals surface area contributed by atoms with Gasteiger partial charge in [0.2, 0.25) is 10.0 Å². The average molecular weight is 336 g/mol. The molecule has 2 unspecified atom stereocenters. The summed E-state index contributed by atoms with van der Waals surface area (Å²) in [7, 11) is -4.78. The van der Waals surface area contributed by atoms with Gasteiger partial charge in [-0.3, -0.25) is 4.21 Å². The summed E-state index contributed by atoms with van der Waals surface area (Å²) in [6.45, 7) is 4.95. The third-order valence-electron chi connectivity index (χ3n) is 3.38. The van der Waals surface area contributed by atoms with Crippen LogP contribution in [-0.4, -0.2) is 30.7 Å². The summed E-state index contributed by atoms with van der Waals surface area (Å²) in [6, 6.07) is 1.11. The molecule has 0 bridgehead atoms. The van der Waals surface area contributed by atoms with Crippen molar-refractivity contribution in [3.8, 4) is 0 Å². The van der Waals surface area contributed by atoms with Crippen LogP contribution in [0.2, 0.25) is 0 Å². The van der Waals surface area contributed by atoms with Crippen molar-refractivity contribution in [2.45, 2.75) is 37.3 Å². The molecule has 1 rings (SSSR count). The molecule has 120 valence electrons. The van der Waals surface area contributed by atoms with E-state index in [4.69, 9.17) is 5.73 Å². The lowest BCUT2D eigenvalue weighted by Gasteiger charge is -2.15. The molecule has 0 aromatic heterocycles. The van der Waals surface area contributed by atoms with Crippen LogP contribution < -0.4 is 10.5 Å². The Kier molecular flexibility index (Phi) is 5.89. The molecule has 0 fully saturated rings. The quantitative estimate of drug-likeness (QED) is 0.770. The van der Waals surface area contributed by atoms with Crippen molar-refractivity contribution < 1.29 is 17.0 Å². The number of rotatable bonds is 6. The molecule has 0 radical (unpaired) electrons. The van der Waals surface area contributed by atoms with E-state index in [1.54, 1.807) is 13.2 Å². The predicted octanol–water partition coefficient (Wildman–Crippen LogP) is 1.46. The second-order valence-corrected chi connectivity index (χ2v) is 8.54. The Bertz CT molecular complexity index is 660. The first-order chi connectivity index (χ1) is 9.58. The van der Waals surface area contributed by atoms with Crippen LogP contribution in [0.4, 0.5) is 10.1 Å². The minimum Gasteiger partial charge on any atom is -0.396 e. The highest BCUT2D eigenvalue weighted by atomic mass is 32.2. The molecule has 0 spiro atoms. The van der Waals surface area contributed by atoms with Gasteiger partial charge >= 0.3 is 0 Å². The summed E-state index contributed by atoms with van der Waals surface area (Å²) < 4.78 is 51.8. The SMILES string of the molecule is Cc1cc(F)c(N)c(C)c1S(=O)(=O)NCCC(C)S(C)=O. The Morgan fingerprint density at radius 3 is 2.52 bits per heavy atom. The van der Waals surface area contributed by atoms with Crippen molar-refractivity contribution in [1.82, 2.24) is 4.72 Å². The van der Waals surface area contributed by atoms with E-state index in [0.717, 1.165) is 6.07 Å². The number of benzene rings is 1. The van der Waals surface area contributed by atoms with Gasteiger partial charge in [0, 0.05) is 28.9 Å². The number of hydrogen-bond acceptors (Lipinski definition) is 4. The molecule has 8 heteroatoms. The number of hydrogen-bond donors (Lipinski definition) is 2. The van der Waals surface area contributed by atoms with E-state index < -0.39 is 26.6 Å². The Morgan fingerprint density at radius 1 is 1.43 bits per heavy atom. The van der Waals surface area contributed by atoms with Gasteiger partial charge < -0.3 is 5.73 Å². The van der Waals surface area contributed by atoms with Crippen molar-refractivity contribution in [3.05, 3.63) is 23.0 Å². The van der Waals surface area contributed by atoms with Crippen LogP contribution in [0.5, 0.6) is 0 Å². The largest absolute Gasteiger partial charge is 0.396 e. The van der Waals surface area contributed by atoms with E-state index in [1.165, 1.54) is 13.8 Å². The standard InChI is InChI=1S/C13H21FN2O3S2/c1-8-7-11(14)12(15)10(3)13(8)21(18,19)16-6-5-9(2)20(4)17/h7,9,16H,5-6,15H2,1-4H3. The highest BCUT2D eigenvalue weighted by Gasteiger charge is 2.22. The van der Waals surface area contributed by atoms with Crippen molar-refractivity contribution in [3.63, 3.8) is 0 Å². The number of aryl methyl sites for hydroxylation is 1. The first-order valence-electron chi connectivity index (χ1n) is 6.45. The van der Waals surface area contributed by atoms with Crippen LogP contribution in [-0.2, 0) is 20.8 Å². The Morgan fingerprint density at radius 2 is 2.00 bits per heavy atom. The van der Waals surface area contributed by atoms with Gasteiger partial charge in [-0.25, -0.2) is 17.5 Å². The minimum absolute atomic E-state index is 0.00618. The van der Waals surface area contributed by atoms with Crippen LogP contribution in [0.15, 0.2) is 11.0 Å². The smallest absolute Gasteiger partial charge is 0.241 e. The van der Waals surface area contributed by atoms with E-state index in [2.05, 4.69) is 4.72 Å². The summed E-state index contributed by atoms with van der Waals surface area (Å²) in [4.78, 5) is 0.00618. The molecule has 0 heterocycles. The van der Waals surface area contributed by atoms with Crippen molar-refractivity contribution >= 4 is 26.5 Å². The average Bonchev–Trinajstić information content (AvgIpc) is 2.35. The number of halogens is 1. The van der Waals surface area contributed by atoms with Crippen LogP contribution in [0.3, 0.4) is 0 Å². The number of anilines is 1. The van der Waals surface area contributed by atoms with Gasteiger partial charge in [-0.15, -0.1) is 0 Å². The molecule has 0 saturated carbocycles. The number of nitrogen functional groups attached to an aromatic ring is 1. The molecule has 5 nitrogen and oxygen atoms in total. The fraction of sp³-hybridized carbons (Fsp3) is 0.538. The van der Waals surface area contributed by atoms with Crippen LogP contribution >= 0.6 is 0 Å². The second-order valence-electron chi connectivity index (χ2n) is 5.04. The second kappa shape index (κ2) is 6.85. The molecule has 21 heavy (non-hydrogen) atoms. The van der Waals surface area contributed by atoms with E-state index in [9.17, 15) is 17.0 Å². The van der Waals surface area contributed by atoms with Gasteiger partial charge in [0.1, 0.15) is 5.82 Å². The van der Waals surface area contributed by atoms with Crippen molar-refractivity contribution in [1.29, 1.82) is 0 Å². The lowest BCUT2D eigenvalue weighted by atomic mass is 10.1. The molecule has 1 aromatic rings. The fourth-order valence-corrected chi connectivity index (χ4v) is 3.96. The van der Waals surface area contributed by atoms with Gasteiger partial charge in [0.05, 0.1) is 10.6 Å². The van der Waals surface area contributed by atoms with E-state index in [0.29, 0.717) is 12.0 Å². The van der Waals surface area contributed by atoms with Crippen LogP contribution in [0, 0.1) is 19.7 Å². The van der Waals surface area contributed by atoms with Crippen LogP contribution in [0.1, 0.15) is 24.5 Å². The topological polar surface area (TPSA) is 89.3 Å². The lowest BCUT2D eigenvalue weighted by molar-refractivity contribution is 0.575.